The lowest BCUT2D eigenvalue weighted by Crippen LogP contribution is -2.46. The molecule has 90 valence electrons. The lowest BCUT2D eigenvalue weighted by molar-refractivity contribution is -0.00959. The molecule has 0 aromatic rings. The first-order valence-electron chi connectivity index (χ1n) is 5.89. The van der Waals surface area contributed by atoms with Crippen LogP contribution in [0.5, 0.6) is 0 Å². The Kier molecular flexibility index (Phi) is 4.56. The minimum Gasteiger partial charge on any atom is -0.393 e. The van der Waals surface area contributed by atoms with Gasteiger partial charge in [0, 0.05) is 25.6 Å². The van der Waals surface area contributed by atoms with Gasteiger partial charge >= 0.3 is 0 Å². The molecule has 1 saturated heterocycles. The molecular formula is C12H25NO2. The molecule has 3 heteroatoms. The summed E-state index contributed by atoms with van der Waals surface area (Å²) < 4.78 is 5.39. The van der Waals surface area contributed by atoms with Crippen LogP contribution in [0.25, 0.3) is 0 Å². The van der Waals surface area contributed by atoms with Gasteiger partial charge in [-0.3, -0.25) is 0 Å². The summed E-state index contributed by atoms with van der Waals surface area (Å²) >= 11 is 0. The van der Waals surface area contributed by atoms with Gasteiger partial charge in [0.15, 0.2) is 0 Å². The van der Waals surface area contributed by atoms with Gasteiger partial charge in [-0.1, -0.05) is 13.8 Å². The highest BCUT2D eigenvalue weighted by molar-refractivity contribution is 4.82. The molecule has 15 heavy (non-hydrogen) atoms. The van der Waals surface area contributed by atoms with Crippen LogP contribution in [0.3, 0.4) is 0 Å². The Balaban J connectivity index is 2.44. The average molecular weight is 215 g/mol. The number of aliphatic hydroxyl groups is 1. The summed E-state index contributed by atoms with van der Waals surface area (Å²) in [5, 5.41) is 9.68. The molecule has 3 nitrogen and oxygen atoms in total. The molecule has 1 aliphatic heterocycles. The van der Waals surface area contributed by atoms with Crippen molar-refractivity contribution in [2.45, 2.75) is 45.8 Å². The van der Waals surface area contributed by atoms with E-state index in [1.54, 1.807) is 7.11 Å². The molecular weight excluding hydrogens is 190 g/mol. The van der Waals surface area contributed by atoms with E-state index < -0.39 is 0 Å². The zero-order chi connectivity index (χ0) is 11.5. The Bertz CT molecular complexity index is 192. The molecule has 0 amide bonds. The monoisotopic (exact) mass is 215 g/mol. The molecule has 2 atom stereocenters. The maximum absolute atomic E-state index is 9.68. The summed E-state index contributed by atoms with van der Waals surface area (Å²) in [6.45, 7) is 9.20. The second-order valence-electron chi connectivity index (χ2n) is 5.40. The Labute approximate surface area is 93.4 Å². The smallest absolute Gasteiger partial charge is 0.0698 e. The molecule has 1 aliphatic rings. The summed E-state index contributed by atoms with van der Waals surface area (Å²) in [4.78, 5) is 2.41. The number of aliphatic hydroxyl groups excluding tert-OH is 1. The van der Waals surface area contributed by atoms with Crippen molar-refractivity contribution in [1.82, 2.24) is 4.90 Å². The molecule has 0 radical (unpaired) electrons. The van der Waals surface area contributed by atoms with Crippen LogP contribution in [0.15, 0.2) is 0 Å². The first kappa shape index (κ1) is 12.9. The van der Waals surface area contributed by atoms with Crippen LogP contribution in [-0.4, -0.2) is 49.0 Å². The number of nitrogens with zero attached hydrogens (tertiary/aromatic N) is 1. The van der Waals surface area contributed by atoms with Crippen molar-refractivity contribution in [1.29, 1.82) is 0 Å². The van der Waals surface area contributed by atoms with Crippen molar-refractivity contribution in [3.63, 3.8) is 0 Å². The van der Waals surface area contributed by atoms with Gasteiger partial charge in [-0.05, 0) is 26.3 Å². The molecule has 1 fully saturated rings. The Morgan fingerprint density at radius 3 is 2.73 bits per heavy atom. The van der Waals surface area contributed by atoms with Crippen LogP contribution in [0.2, 0.25) is 0 Å². The van der Waals surface area contributed by atoms with E-state index in [1.807, 2.05) is 6.92 Å². The van der Waals surface area contributed by atoms with Crippen molar-refractivity contribution < 1.29 is 9.84 Å². The van der Waals surface area contributed by atoms with Gasteiger partial charge in [-0.25, -0.2) is 0 Å². The molecule has 1 heterocycles. The van der Waals surface area contributed by atoms with E-state index in [9.17, 15) is 5.11 Å². The number of ether oxygens (including phenoxy) is 1. The zero-order valence-corrected chi connectivity index (χ0v) is 10.5. The third-order valence-corrected chi connectivity index (χ3v) is 3.56. The fourth-order valence-electron chi connectivity index (χ4n) is 2.06. The first-order valence-corrected chi connectivity index (χ1v) is 5.89. The van der Waals surface area contributed by atoms with Gasteiger partial charge in [-0.15, -0.1) is 0 Å². The number of rotatable bonds is 4. The number of methoxy groups -OCH3 is 1. The molecule has 1 N–H and O–H groups in total. The summed E-state index contributed by atoms with van der Waals surface area (Å²) in [5.41, 5.74) is -0.0321. The quantitative estimate of drug-likeness (QED) is 0.771. The van der Waals surface area contributed by atoms with E-state index in [0.29, 0.717) is 6.10 Å². The molecule has 1 rings (SSSR count). The van der Waals surface area contributed by atoms with E-state index in [2.05, 4.69) is 18.7 Å². The maximum Gasteiger partial charge on any atom is 0.0698 e. The van der Waals surface area contributed by atoms with Gasteiger partial charge in [0.1, 0.15) is 0 Å². The van der Waals surface area contributed by atoms with Crippen LogP contribution in [0, 0.1) is 5.41 Å². The van der Waals surface area contributed by atoms with Gasteiger partial charge in [0.25, 0.3) is 0 Å². The fourth-order valence-corrected chi connectivity index (χ4v) is 2.06. The van der Waals surface area contributed by atoms with E-state index in [4.69, 9.17) is 4.74 Å². The van der Waals surface area contributed by atoms with Crippen LogP contribution < -0.4 is 0 Å². The number of hydrogen-bond donors (Lipinski definition) is 1. The summed E-state index contributed by atoms with van der Waals surface area (Å²) in [6.07, 6.45) is 2.49. The van der Waals surface area contributed by atoms with Crippen LogP contribution >= 0.6 is 0 Å². The van der Waals surface area contributed by atoms with E-state index >= 15 is 0 Å². The van der Waals surface area contributed by atoms with Gasteiger partial charge < -0.3 is 14.7 Å². The Morgan fingerprint density at radius 2 is 2.20 bits per heavy atom. The third-order valence-electron chi connectivity index (χ3n) is 3.56. The average Bonchev–Trinajstić information content (AvgIpc) is 2.17. The van der Waals surface area contributed by atoms with Gasteiger partial charge in [0.2, 0.25) is 0 Å². The molecule has 0 aromatic heterocycles. The minimum absolute atomic E-state index is 0.0321. The number of piperidine rings is 1. The summed E-state index contributed by atoms with van der Waals surface area (Å²) in [6, 6.07) is 0. The van der Waals surface area contributed by atoms with E-state index in [-0.39, 0.29) is 11.5 Å². The molecule has 0 aliphatic carbocycles. The van der Waals surface area contributed by atoms with Crippen LogP contribution in [0.1, 0.15) is 33.6 Å². The largest absolute Gasteiger partial charge is 0.393 e. The van der Waals surface area contributed by atoms with E-state index in [1.165, 1.54) is 12.8 Å². The van der Waals surface area contributed by atoms with E-state index in [0.717, 1.165) is 19.6 Å². The van der Waals surface area contributed by atoms with Gasteiger partial charge in [0.05, 0.1) is 12.2 Å². The van der Waals surface area contributed by atoms with Crippen molar-refractivity contribution in [2.75, 3.05) is 26.7 Å². The SMILES string of the molecule is COC1CCCN(CC(C)(C)C(C)O)C1. The molecule has 0 spiro atoms. The molecule has 2 unspecified atom stereocenters. The fraction of sp³-hybridized carbons (Fsp3) is 1.00. The normalized spacial score (nSPS) is 26.6. The van der Waals surface area contributed by atoms with Crippen LogP contribution in [-0.2, 0) is 4.74 Å². The van der Waals surface area contributed by atoms with Gasteiger partial charge in [-0.2, -0.15) is 0 Å². The highest BCUT2D eigenvalue weighted by Gasteiger charge is 2.29. The minimum atomic E-state index is -0.263. The van der Waals surface area contributed by atoms with Crippen molar-refractivity contribution in [3.8, 4) is 0 Å². The van der Waals surface area contributed by atoms with Crippen molar-refractivity contribution in [2.24, 2.45) is 5.41 Å². The second kappa shape index (κ2) is 5.28. The molecule has 0 aromatic carbocycles. The number of likely N-dealkylation sites (tertiary alicyclic amines) is 1. The zero-order valence-electron chi connectivity index (χ0n) is 10.5. The standard InChI is InChI=1S/C12H25NO2/c1-10(14)12(2,3)9-13-7-5-6-11(8-13)15-4/h10-11,14H,5-9H2,1-4H3. The topological polar surface area (TPSA) is 32.7 Å². The second-order valence-corrected chi connectivity index (χ2v) is 5.40. The highest BCUT2D eigenvalue weighted by Crippen LogP contribution is 2.24. The van der Waals surface area contributed by atoms with Crippen LogP contribution in [0.4, 0.5) is 0 Å². The van der Waals surface area contributed by atoms with Crippen molar-refractivity contribution in [3.05, 3.63) is 0 Å². The Hall–Kier alpha value is -0.120. The lowest BCUT2D eigenvalue weighted by Gasteiger charge is -2.38. The first-order chi connectivity index (χ1) is 6.95. The predicted molar refractivity (Wildman–Crippen MR) is 61.9 cm³/mol. The lowest BCUT2D eigenvalue weighted by atomic mass is 9.86. The summed E-state index contributed by atoms with van der Waals surface area (Å²) in [7, 11) is 1.79. The Morgan fingerprint density at radius 1 is 1.53 bits per heavy atom. The maximum atomic E-state index is 9.68. The summed E-state index contributed by atoms with van der Waals surface area (Å²) in [5.74, 6) is 0. The third kappa shape index (κ3) is 3.74. The highest BCUT2D eigenvalue weighted by atomic mass is 16.5. The number of hydrogen-bond acceptors (Lipinski definition) is 3. The van der Waals surface area contributed by atoms with Crippen molar-refractivity contribution >= 4 is 0 Å². The molecule has 0 bridgehead atoms. The predicted octanol–water partition coefficient (Wildman–Crippen LogP) is 1.50. The molecule has 0 saturated carbocycles.